The van der Waals surface area contributed by atoms with Gasteiger partial charge in [-0.05, 0) is 29.9 Å². The van der Waals surface area contributed by atoms with Crippen LogP contribution in [0.5, 0.6) is 0 Å². The summed E-state index contributed by atoms with van der Waals surface area (Å²) < 4.78 is 0. The van der Waals surface area contributed by atoms with Gasteiger partial charge in [-0.2, -0.15) is 0 Å². The van der Waals surface area contributed by atoms with E-state index < -0.39 is 0 Å². The number of benzene rings is 2. The molecule has 1 saturated carbocycles. The van der Waals surface area contributed by atoms with E-state index in [2.05, 4.69) is 12.1 Å². The summed E-state index contributed by atoms with van der Waals surface area (Å²) in [4.78, 5) is 12.5. The summed E-state index contributed by atoms with van der Waals surface area (Å²) in [6.07, 6.45) is 3.94. The molecule has 1 heteroatoms. The van der Waals surface area contributed by atoms with Gasteiger partial charge in [0, 0.05) is 11.5 Å². The molecular formula is C19H20O. The average molecular weight is 264 g/mol. The van der Waals surface area contributed by atoms with Crippen LogP contribution in [0.15, 0.2) is 54.6 Å². The van der Waals surface area contributed by atoms with Gasteiger partial charge in [0.05, 0.1) is 0 Å². The van der Waals surface area contributed by atoms with Crippen LogP contribution in [-0.4, -0.2) is 5.78 Å². The Morgan fingerprint density at radius 1 is 1.00 bits per heavy atom. The number of carbonyl (C=O) groups excluding carboxylic acids is 1. The molecule has 0 aliphatic heterocycles. The summed E-state index contributed by atoms with van der Waals surface area (Å²) in [6, 6.07) is 18.2. The molecule has 1 aliphatic rings. The molecule has 1 atom stereocenters. The van der Waals surface area contributed by atoms with Crippen molar-refractivity contribution in [1.29, 1.82) is 0 Å². The zero-order valence-electron chi connectivity index (χ0n) is 11.9. The Morgan fingerprint density at radius 3 is 2.20 bits per heavy atom. The van der Waals surface area contributed by atoms with Crippen molar-refractivity contribution in [3.8, 4) is 0 Å². The lowest BCUT2D eigenvalue weighted by Crippen LogP contribution is -2.11. The van der Waals surface area contributed by atoms with E-state index in [9.17, 15) is 4.79 Å². The Kier molecular flexibility index (Phi) is 3.68. The molecule has 0 N–H and O–H groups in total. The van der Waals surface area contributed by atoms with Crippen LogP contribution in [0.4, 0.5) is 0 Å². The van der Waals surface area contributed by atoms with Gasteiger partial charge in [-0.25, -0.2) is 0 Å². The van der Waals surface area contributed by atoms with Crippen molar-refractivity contribution in [2.45, 2.75) is 38.0 Å². The minimum Gasteiger partial charge on any atom is -0.294 e. The molecule has 1 nitrogen and oxygen atoms in total. The first kappa shape index (κ1) is 13.1. The Morgan fingerprint density at radius 2 is 1.65 bits per heavy atom. The predicted octanol–water partition coefficient (Wildman–Crippen LogP) is 4.94. The second kappa shape index (κ2) is 5.62. The van der Waals surface area contributed by atoms with Crippen LogP contribution in [0.2, 0.25) is 0 Å². The topological polar surface area (TPSA) is 17.1 Å². The fourth-order valence-corrected chi connectivity index (χ4v) is 2.80. The Balaban J connectivity index is 1.76. The van der Waals surface area contributed by atoms with Gasteiger partial charge in [0.1, 0.15) is 0 Å². The van der Waals surface area contributed by atoms with Gasteiger partial charge < -0.3 is 0 Å². The number of rotatable bonds is 4. The van der Waals surface area contributed by atoms with Crippen molar-refractivity contribution in [3.63, 3.8) is 0 Å². The monoisotopic (exact) mass is 264 g/mol. The largest absolute Gasteiger partial charge is 0.294 e. The molecule has 0 heterocycles. The van der Waals surface area contributed by atoms with E-state index in [1.54, 1.807) is 0 Å². The fraction of sp³-hybridized carbons (Fsp3) is 0.316. The molecule has 0 bridgehead atoms. The van der Waals surface area contributed by atoms with Crippen molar-refractivity contribution in [2.24, 2.45) is 0 Å². The van der Waals surface area contributed by atoms with Crippen LogP contribution >= 0.6 is 0 Å². The summed E-state index contributed by atoms with van der Waals surface area (Å²) in [5.74, 6) is 0.854. The van der Waals surface area contributed by atoms with E-state index in [0.717, 1.165) is 17.0 Å². The van der Waals surface area contributed by atoms with Crippen molar-refractivity contribution in [2.75, 3.05) is 0 Å². The third kappa shape index (κ3) is 2.53. The molecule has 0 radical (unpaired) electrons. The lowest BCUT2D eigenvalue weighted by Gasteiger charge is -2.25. The zero-order chi connectivity index (χ0) is 13.9. The summed E-state index contributed by atoms with van der Waals surface area (Å²) in [6.45, 7) is 1.98. The van der Waals surface area contributed by atoms with Crippen LogP contribution in [0.3, 0.4) is 0 Å². The number of Topliss-reactive ketones (excluding diaryl/α,β-unsaturated/α-hetero) is 1. The Hall–Kier alpha value is -1.89. The van der Waals surface area contributed by atoms with Gasteiger partial charge in [-0.1, -0.05) is 67.9 Å². The summed E-state index contributed by atoms with van der Waals surface area (Å²) in [7, 11) is 0. The predicted molar refractivity (Wildman–Crippen MR) is 82.2 cm³/mol. The highest BCUT2D eigenvalue weighted by Gasteiger charge is 2.21. The number of hydrogen-bond acceptors (Lipinski definition) is 1. The molecule has 20 heavy (non-hydrogen) atoms. The van der Waals surface area contributed by atoms with E-state index in [1.807, 2.05) is 49.4 Å². The van der Waals surface area contributed by atoms with Crippen molar-refractivity contribution in [1.82, 2.24) is 0 Å². The summed E-state index contributed by atoms with van der Waals surface area (Å²) in [5, 5.41) is 0. The quantitative estimate of drug-likeness (QED) is 0.715. The highest BCUT2D eigenvalue weighted by atomic mass is 16.1. The molecule has 0 spiro atoms. The van der Waals surface area contributed by atoms with Crippen LogP contribution in [0.1, 0.15) is 59.5 Å². The van der Waals surface area contributed by atoms with E-state index in [4.69, 9.17) is 0 Å². The smallest absolute Gasteiger partial charge is 0.170 e. The SMILES string of the molecule is CC(C(=O)c1ccc(C2CCC2)cc1)c1ccccc1. The first-order chi connectivity index (χ1) is 9.75. The minimum absolute atomic E-state index is 0.0780. The third-order valence-electron chi connectivity index (χ3n) is 4.46. The maximum Gasteiger partial charge on any atom is 0.170 e. The molecule has 0 amide bonds. The maximum atomic E-state index is 12.5. The van der Waals surface area contributed by atoms with Gasteiger partial charge in [0.15, 0.2) is 5.78 Å². The highest BCUT2D eigenvalue weighted by molar-refractivity contribution is 6.00. The molecular weight excluding hydrogens is 244 g/mol. The molecule has 3 rings (SSSR count). The highest BCUT2D eigenvalue weighted by Crippen LogP contribution is 2.36. The Labute approximate surface area is 120 Å². The molecule has 102 valence electrons. The molecule has 0 aromatic heterocycles. The van der Waals surface area contributed by atoms with Gasteiger partial charge in [-0.15, -0.1) is 0 Å². The van der Waals surface area contributed by atoms with Crippen LogP contribution in [0, 0.1) is 0 Å². The normalized spacial score (nSPS) is 16.4. The lowest BCUT2D eigenvalue weighted by molar-refractivity contribution is 0.0966. The molecule has 1 aliphatic carbocycles. The van der Waals surface area contributed by atoms with Crippen molar-refractivity contribution >= 4 is 5.78 Å². The van der Waals surface area contributed by atoms with Gasteiger partial charge in [0.2, 0.25) is 0 Å². The molecule has 2 aromatic carbocycles. The first-order valence-corrected chi connectivity index (χ1v) is 7.45. The standard InChI is InChI=1S/C19H20O/c1-14(15-6-3-2-4-7-15)19(20)18-12-10-17(11-13-18)16-8-5-9-16/h2-4,6-7,10-14,16H,5,8-9H2,1H3. The number of carbonyl (C=O) groups is 1. The fourth-order valence-electron chi connectivity index (χ4n) is 2.80. The molecule has 1 unspecified atom stereocenters. The van der Waals surface area contributed by atoms with E-state index >= 15 is 0 Å². The molecule has 2 aromatic rings. The second-order valence-corrected chi connectivity index (χ2v) is 5.75. The van der Waals surface area contributed by atoms with Gasteiger partial charge in [-0.3, -0.25) is 4.79 Å². The first-order valence-electron chi connectivity index (χ1n) is 7.45. The second-order valence-electron chi connectivity index (χ2n) is 5.75. The Bertz CT molecular complexity index is 579. The zero-order valence-corrected chi connectivity index (χ0v) is 11.9. The molecule has 1 fully saturated rings. The van der Waals surface area contributed by atoms with Crippen molar-refractivity contribution in [3.05, 3.63) is 71.3 Å². The van der Waals surface area contributed by atoms with Crippen LogP contribution in [0.25, 0.3) is 0 Å². The number of ketones is 1. The minimum atomic E-state index is -0.0780. The van der Waals surface area contributed by atoms with Crippen LogP contribution in [-0.2, 0) is 0 Å². The molecule has 0 saturated heterocycles. The summed E-state index contributed by atoms with van der Waals surface area (Å²) >= 11 is 0. The van der Waals surface area contributed by atoms with E-state index in [0.29, 0.717) is 0 Å². The lowest BCUT2D eigenvalue weighted by atomic mass is 9.79. The van der Waals surface area contributed by atoms with Crippen molar-refractivity contribution < 1.29 is 4.79 Å². The van der Waals surface area contributed by atoms with E-state index in [-0.39, 0.29) is 11.7 Å². The number of hydrogen-bond donors (Lipinski definition) is 0. The summed E-state index contributed by atoms with van der Waals surface area (Å²) in [5.41, 5.74) is 3.30. The maximum absolute atomic E-state index is 12.5. The van der Waals surface area contributed by atoms with Crippen LogP contribution < -0.4 is 0 Å². The average Bonchev–Trinajstić information content (AvgIpc) is 2.46. The van der Waals surface area contributed by atoms with Gasteiger partial charge in [0.25, 0.3) is 0 Å². The van der Waals surface area contributed by atoms with E-state index in [1.165, 1.54) is 24.8 Å². The third-order valence-corrected chi connectivity index (χ3v) is 4.46. The van der Waals surface area contributed by atoms with Gasteiger partial charge >= 0.3 is 0 Å².